The molecule has 1 atom stereocenters. The summed E-state index contributed by atoms with van der Waals surface area (Å²) in [6.07, 6.45) is 0.331. The van der Waals surface area contributed by atoms with Crippen LogP contribution in [-0.2, 0) is 19.1 Å². The minimum Gasteiger partial charge on any atom is -0.456 e. The largest absolute Gasteiger partial charge is 0.456 e. The Hall–Kier alpha value is -1.10. The lowest BCUT2D eigenvalue weighted by atomic mass is 10.2. The topological polar surface area (TPSA) is 78.6 Å². The van der Waals surface area contributed by atoms with Crippen molar-refractivity contribution in [2.45, 2.75) is 45.4 Å². The number of carbonyl (C=O) groups is 2. The zero-order valence-corrected chi connectivity index (χ0v) is 9.28. The van der Waals surface area contributed by atoms with Crippen molar-refractivity contribution in [3.63, 3.8) is 0 Å². The van der Waals surface area contributed by atoms with Crippen LogP contribution >= 0.6 is 0 Å². The molecule has 2 N–H and O–H groups in total. The first-order valence-corrected chi connectivity index (χ1v) is 4.98. The molecule has 0 radical (unpaired) electrons. The first-order chi connectivity index (χ1) is 6.79. The summed E-state index contributed by atoms with van der Waals surface area (Å²) >= 11 is 0. The van der Waals surface area contributed by atoms with E-state index in [0.717, 1.165) is 12.8 Å². The van der Waals surface area contributed by atoms with E-state index >= 15 is 0 Å². The number of hydrogen-bond donors (Lipinski definition) is 1. The lowest BCUT2D eigenvalue weighted by molar-refractivity contribution is -0.176. The van der Waals surface area contributed by atoms with Crippen LogP contribution < -0.4 is 5.73 Å². The Morgan fingerprint density at radius 2 is 1.87 bits per heavy atom. The van der Waals surface area contributed by atoms with Gasteiger partial charge in [-0.3, -0.25) is 10.5 Å². The van der Waals surface area contributed by atoms with Gasteiger partial charge in [0.2, 0.25) is 6.23 Å². The Labute approximate surface area is 88.9 Å². The number of carbonyl (C=O) groups excluding carboxylic acids is 2. The molecule has 1 unspecified atom stereocenters. The van der Waals surface area contributed by atoms with Crippen molar-refractivity contribution in [3.05, 3.63) is 0 Å². The third kappa shape index (κ3) is 4.29. The predicted octanol–water partition coefficient (Wildman–Crippen LogP) is 0.566. The molecule has 1 aliphatic rings. The summed E-state index contributed by atoms with van der Waals surface area (Å²) in [4.78, 5) is 22.5. The Morgan fingerprint density at radius 3 is 2.27 bits per heavy atom. The maximum atomic E-state index is 11.3. The second-order valence-corrected chi connectivity index (χ2v) is 4.67. The maximum Gasteiger partial charge on any atom is 0.363 e. The Kier molecular flexibility index (Phi) is 3.34. The highest BCUT2D eigenvalue weighted by Crippen LogP contribution is 2.30. The minimum absolute atomic E-state index is 0.0708. The molecule has 0 aromatic carbocycles. The van der Waals surface area contributed by atoms with Gasteiger partial charge in [-0.15, -0.1) is 0 Å². The molecule has 0 aromatic rings. The van der Waals surface area contributed by atoms with Gasteiger partial charge in [-0.1, -0.05) is 0 Å². The standard InChI is InChI=1S/C10H17NO4/c1-10(2,3)15-9(13)7(11)14-8(12)6-4-5-6/h6-7H,4-5,11H2,1-3H3. The van der Waals surface area contributed by atoms with Crippen molar-refractivity contribution in [2.24, 2.45) is 11.7 Å². The molecule has 0 heterocycles. The van der Waals surface area contributed by atoms with Gasteiger partial charge in [0.1, 0.15) is 5.60 Å². The van der Waals surface area contributed by atoms with E-state index in [2.05, 4.69) is 0 Å². The zero-order chi connectivity index (χ0) is 11.6. The van der Waals surface area contributed by atoms with E-state index in [1.807, 2.05) is 0 Å². The van der Waals surface area contributed by atoms with Gasteiger partial charge >= 0.3 is 11.9 Å². The van der Waals surface area contributed by atoms with E-state index < -0.39 is 23.8 Å². The fraction of sp³-hybridized carbons (Fsp3) is 0.800. The van der Waals surface area contributed by atoms with Gasteiger partial charge in [-0.25, -0.2) is 4.79 Å². The van der Waals surface area contributed by atoms with E-state index in [1.54, 1.807) is 20.8 Å². The monoisotopic (exact) mass is 215 g/mol. The average molecular weight is 215 g/mol. The van der Waals surface area contributed by atoms with Gasteiger partial charge < -0.3 is 9.47 Å². The zero-order valence-electron chi connectivity index (χ0n) is 9.28. The van der Waals surface area contributed by atoms with Crippen LogP contribution in [0.4, 0.5) is 0 Å². The maximum absolute atomic E-state index is 11.3. The fourth-order valence-corrected chi connectivity index (χ4v) is 0.948. The van der Waals surface area contributed by atoms with Crippen molar-refractivity contribution in [2.75, 3.05) is 0 Å². The number of esters is 2. The summed E-state index contributed by atoms with van der Waals surface area (Å²) in [6, 6.07) is 0. The number of rotatable bonds is 3. The molecule has 86 valence electrons. The molecule has 5 heteroatoms. The quantitative estimate of drug-likeness (QED) is 0.550. The first kappa shape index (κ1) is 12.0. The van der Waals surface area contributed by atoms with Gasteiger partial charge in [0.15, 0.2) is 0 Å². The van der Waals surface area contributed by atoms with E-state index in [9.17, 15) is 9.59 Å². The Morgan fingerprint density at radius 1 is 1.33 bits per heavy atom. The van der Waals surface area contributed by atoms with Crippen molar-refractivity contribution in [1.82, 2.24) is 0 Å². The summed E-state index contributed by atoms with van der Waals surface area (Å²) < 4.78 is 9.71. The second-order valence-electron chi connectivity index (χ2n) is 4.67. The van der Waals surface area contributed by atoms with Crippen LogP contribution in [0.3, 0.4) is 0 Å². The SMILES string of the molecule is CC(C)(C)OC(=O)C(N)OC(=O)C1CC1. The van der Waals surface area contributed by atoms with Crippen molar-refractivity contribution >= 4 is 11.9 Å². The average Bonchev–Trinajstić information content (AvgIpc) is 2.82. The smallest absolute Gasteiger partial charge is 0.363 e. The molecule has 0 saturated heterocycles. The van der Waals surface area contributed by atoms with Gasteiger partial charge in [0.25, 0.3) is 0 Å². The third-order valence-corrected chi connectivity index (χ3v) is 1.79. The van der Waals surface area contributed by atoms with Crippen LogP contribution in [0, 0.1) is 5.92 Å². The highest BCUT2D eigenvalue weighted by atomic mass is 16.6. The summed E-state index contributed by atoms with van der Waals surface area (Å²) in [5.74, 6) is -1.19. The second kappa shape index (κ2) is 4.18. The minimum atomic E-state index is -1.31. The van der Waals surface area contributed by atoms with Gasteiger partial charge in [-0.05, 0) is 33.6 Å². The predicted molar refractivity (Wildman–Crippen MR) is 52.6 cm³/mol. The van der Waals surface area contributed by atoms with Crippen molar-refractivity contribution in [3.8, 4) is 0 Å². The van der Waals surface area contributed by atoms with Gasteiger partial charge in [-0.2, -0.15) is 0 Å². The van der Waals surface area contributed by atoms with Crippen LogP contribution in [0.25, 0.3) is 0 Å². The molecule has 0 aliphatic heterocycles. The molecule has 1 rings (SSSR count). The summed E-state index contributed by atoms with van der Waals surface area (Å²) in [5, 5.41) is 0. The molecule has 0 spiro atoms. The highest BCUT2D eigenvalue weighted by molar-refractivity contribution is 5.81. The molecule has 1 fully saturated rings. The van der Waals surface area contributed by atoms with Crippen molar-refractivity contribution in [1.29, 1.82) is 0 Å². The molecule has 0 bridgehead atoms. The van der Waals surface area contributed by atoms with E-state index in [0.29, 0.717) is 0 Å². The van der Waals surface area contributed by atoms with Crippen LogP contribution in [0.5, 0.6) is 0 Å². The highest BCUT2D eigenvalue weighted by Gasteiger charge is 2.34. The van der Waals surface area contributed by atoms with Gasteiger partial charge in [0, 0.05) is 0 Å². The fourth-order valence-electron chi connectivity index (χ4n) is 0.948. The Bertz CT molecular complexity index is 265. The normalized spacial score (nSPS) is 18.1. The van der Waals surface area contributed by atoms with E-state index in [-0.39, 0.29) is 5.92 Å². The summed E-state index contributed by atoms with van der Waals surface area (Å²) in [7, 11) is 0. The lowest BCUT2D eigenvalue weighted by Gasteiger charge is -2.21. The molecular formula is C10H17NO4. The molecule has 0 amide bonds. The molecule has 1 saturated carbocycles. The van der Waals surface area contributed by atoms with Crippen LogP contribution in [0.2, 0.25) is 0 Å². The summed E-state index contributed by atoms with van der Waals surface area (Å²) in [5.41, 5.74) is 4.75. The third-order valence-electron chi connectivity index (χ3n) is 1.79. The van der Waals surface area contributed by atoms with Crippen LogP contribution in [-0.4, -0.2) is 23.8 Å². The first-order valence-electron chi connectivity index (χ1n) is 4.98. The van der Waals surface area contributed by atoms with Gasteiger partial charge in [0.05, 0.1) is 5.92 Å². The number of ether oxygens (including phenoxy) is 2. The molecular weight excluding hydrogens is 198 g/mol. The molecule has 1 aliphatic carbocycles. The molecule has 0 aromatic heterocycles. The number of nitrogens with two attached hydrogens (primary N) is 1. The summed E-state index contributed by atoms with van der Waals surface area (Å²) in [6.45, 7) is 5.17. The number of hydrogen-bond acceptors (Lipinski definition) is 5. The van der Waals surface area contributed by atoms with E-state index in [4.69, 9.17) is 15.2 Å². The van der Waals surface area contributed by atoms with E-state index in [1.165, 1.54) is 0 Å². The van der Waals surface area contributed by atoms with Crippen LogP contribution in [0.15, 0.2) is 0 Å². The Balaban J connectivity index is 2.35. The van der Waals surface area contributed by atoms with Crippen molar-refractivity contribution < 1.29 is 19.1 Å². The van der Waals surface area contributed by atoms with Crippen LogP contribution in [0.1, 0.15) is 33.6 Å². The lowest BCUT2D eigenvalue weighted by Crippen LogP contribution is -2.40. The molecule has 5 nitrogen and oxygen atoms in total. The molecule has 15 heavy (non-hydrogen) atoms.